The van der Waals surface area contributed by atoms with Gasteiger partial charge in [-0.05, 0) is 69.5 Å². The maximum Gasteiger partial charge on any atom is 0.244 e. The molecule has 0 spiro atoms. The lowest BCUT2D eigenvalue weighted by atomic mass is 9.96. The van der Waals surface area contributed by atoms with Crippen LogP contribution in [-0.2, 0) is 4.79 Å². The van der Waals surface area contributed by atoms with Crippen LogP contribution in [0, 0.1) is 5.92 Å². The molecule has 6 heteroatoms. The van der Waals surface area contributed by atoms with Crippen molar-refractivity contribution in [3.8, 4) is 17.2 Å². The van der Waals surface area contributed by atoms with E-state index in [-0.39, 0.29) is 5.91 Å². The summed E-state index contributed by atoms with van der Waals surface area (Å²) in [6, 6.07) is 4.22. The fourth-order valence-electron chi connectivity index (χ4n) is 3.35. The van der Waals surface area contributed by atoms with Crippen LogP contribution in [0.4, 0.5) is 0 Å². The van der Waals surface area contributed by atoms with E-state index >= 15 is 0 Å². The Hall–Kier alpha value is -2.21. The third-order valence-corrected chi connectivity index (χ3v) is 5.06. The van der Waals surface area contributed by atoms with Gasteiger partial charge < -0.3 is 24.4 Å². The first-order valence-corrected chi connectivity index (χ1v) is 9.48. The summed E-state index contributed by atoms with van der Waals surface area (Å²) in [6.45, 7) is 7.41. The van der Waals surface area contributed by atoms with Crippen LogP contribution in [-0.4, -0.2) is 57.8 Å². The molecule has 1 heterocycles. The Labute approximate surface area is 162 Å². The minimum atomic E-state index is -0.0879. The molecule has 1 saturated heterocycles. The first-order chi connectivity index (χ1) is 13.0. The fraction of sp³-hybridized carbons (Fsp3) is 0.571. The van der Waals surface area contributed by atoms with Gasteiger partial charge >= 0.3 is 0 Å². The van der Waals surface area contributed by atoms with E-state index in [4.69, 9.17) is 14.2 Å². The second-order valence-corrected chi connectivity index (χ2v) is 7.11. The molecule has 0 aliphatic carbocycles. The summed E-state index contributed by atoms with van der Waals surface area (Å²) < 4.78 is 16.0. The van der Waals surface area contributed by atoms with Crippen molar-refractivity contribution in [1.82, 2.24) is 10.2 Å². The van der Waals surface area contributed by atoms with Crippen molar-refractivity contribution in [3.05, 3.63) is 23.8 Å². The van der Waals surface area contributed by atoms with Gasteiger partial charge in [0.15, 0.2) is 11.5 Å². The Balaban J connectivity index is 1.89. The highest BCUT2D eigenvalue weighted by Gasteiger charge is 2.20. The van der Waals surface area contributed by atoms with Crippen LogP contribution in [0.3, 0.4) is 0 Å². The topological polar surface area (TPSA) is 60.0 Å². The van der Waals surface area contributed by atoms with Gasteiger partial charge in [0, 0.05) is 18.7 Å². The molecule has 1 aliphatic heterocycles. The summed E-state index contributed by atoms with van der Waals surface area (Å²) in [6.07, 6.45) is 5.56. The van der Waals surface area contributed by atoms with Crippen molar-refractivity contribution in [2.45, 2.75) is 32.7 Å². The summed E-state index contributed by atoms with van der Waals surface area (Å²) in [5.74, 6) is 2.13. The van der Waals surface area contributed by atoms with Gasteiger partial charge in [-0.2, -0.15) is 0 Å². The van der Waals surface area contributed by atoms with Crippen LogP contribution in [0.2, 0.25) is 0 Å². The van der Waals surface area contributed by atoms with E-state index in [9.17, 15) is 4.79 Å². The summed E-state index contributed by atoms with van der Waals surface area (Å²) >= 11 is 0. The molecule has 0 saturated carbocycles. The molecule has 1 amide bonds. The molecule has 0 aromatic heterocycles. The molecular weight excluding hydrogens is 344 g/mol. The quantitative estimate of drug-likeness (QED) is 0.707. The molecule has 1 fully saturated rings. The summed E-state index contributed by atoms with van der Waals surface area (Å²) in [5, 5.41) is 3.01. The van der Waals surface area contributed by atoms with Crippen molar-refractivity contribution in [3.63, 3.8) is 0 Å². The number of nitrogens with one attached hydrogen (secondary N) is 1. The first kappa shape index (κ1) is 21.1. The van der Waals surface area contributed by atoms with Gasteiger partial charge in [-0.3, -0.25) is 4.79 Å². The number of benzene rings is 1. The van der Waals surface area contributed by atoms with Crippen LogP contribution in [0.15, 0.2) is 18.2 Å². The van der Waals surface area contributed by atoms with E-state index < -0.39 is 0 Å². The average molecular weight is 376 g/mol. The van der Waals surface area contributed by atoms with Crippen molar-refractivity contribution in [1.29, 1.82) is 0 Å². The van der Waals surface area contributed by atoms with E-state index in [0.29, 0.717) is 29.2 Å². The second-order valence-electron chi connectivity index (χ2n) is 7.11. The molecule has 0 radical (unpaired) electrons. The highest BCUT2D eigenvalue weighted by molar-refractivity contribution is 5.91. The van der Waals surface area contributed by atoms with Crippen molar-refractivity contribution in [2.24, 2.45) is 5.92 Å². The summed E-state index contributed by atoms with van der Waals surface area (Å²) in [5.41, 5.74) is 0.810. The maximum absolute atomic E-state index is 12.2. The zero-order valence-electron chi connectivity index (χ0n) is 17.1. The van der Waals surface area contributed by atoms with Gasteiger partial charge in [-0.25, -0.2) is 0 Å². The normalized spacial score (nSPS) is 15.9. The third-order valence-electron chi connectivity index (χ3n) is 5.06. The Bertz CT molecular complexity index is 625. The number of likely N-dealkylation sites (tertiary alicyclic amines) is 1. The molecule has 27 heavy (non-hydrogen) atoms. The molecule has 0 atom stereocenters. The summed E-state index contributed by atoms with van der Waals surface area (Å²) in [7, 11) is 4.71. The Morgan fingerprint density at radius 1 is 1.15 bits per heavy atom. The monoisotopic (exact) mass is 376 g/mol. The number of carbonyl (C=O) groups is 1. The highest BCUT2D eigenvalue weighted by atomic mass is 16.5. The number of hydrogen-bond acceptors (Lipinski definition) is 5. The fourth-order valence-corrected chi connectivity index (χ4v) is 3.35. The van der Waals surface area contributed by atoms with Gasteiger partial charge in [0.25, 0.3) is 0 Å². The minimum absolute atomic E-state index is 0.0879. The predicted octanol–water partition coefficient (Wildman–Crippen LogP) is 2.96. The number of hydrogen-bond donors (Lipinski definition) is 1. The average Bonchev–Trinajstić information content (AvgIpc) is 2.69. The number of methoxy groups -OCH3 is 3. The zero-order valence-corrected chi connectivity index (χ0v) is 17.1. The highest BCUT2D eigenvalue weighted by Crippen LogP contribution is 2.38. The summed E-state index contributed by atoms with van der Waals surface area (Å²) in [4.78, 5) is 14.7. The smallest absolute Gasteiger partial charge is 0.244 e. The predicted molar refractivity (Wildman–Crippen MR) is 108 cm³/mol. The van der Waals surface area contributed by atoms with E-state index in [1.54, 1.807) is 33.5 Å². The van der Waals surface area contributed by atoms with Crippen molar-refractivity contribution < 1.29 is 19.0 Å². The molecule has 0 unspecified atom stereocenters. The van der Waals surface area contributed by atoms with Crippen LogP contribution >= 0.6 is 0 Å². The minimum Gasteiger partial charge on any atom is -0.493 e. The first-order valence-electron chi connectivity index (χ1n) is 9.48. The van der Waals surface area contributed by atoms with Crippen molar-refractivity contribution in [2.75, 3.05) is 41.0 Å². The van der Waals surface area contributed by atoms with Gasteiger partial charge in [0.2, 0.25) is 11.7 Å². The molecular formula is C21H32N2O4. The van der Waals surface area contributed by atoms with Crippen LogP contribution in [0.25, 0.3) is 6.08 Å². The van der Waals surface area contributed by atoms with Gasteiger partial charge in [-0.1, -0.05) is 0 Å². The molecule has 2 rings (SSSR count). The SMILES string of the molecule is COc1cc(/C=C/C(=O)NCC2CCN(C(C)C)CC2)cc(OC)c1OC. The molecule has 0 bridgehead atoms. The Morgan fingerprint density at radius 2 is 1.74 bits per heavy atom. The second kappa shape index (κ2) is 10.2. The Morgan fingerprint density at radius 3 is 2.22 bits per heavy atom. The zero-order chi connectivity index (χ0) is 19.8. The molecule has 150 valence electrons. The number of piperidine rings is 1. The number of ether oxygens (including phenoxy) is 3. The molecule has 6 nitrogen and oxygen atoms in total. The molecule has 1 N–H and O–H groups in total. The maximum atomic E-state index is 12.2. The van der Waals surface area contributed by atoms with Gasteiger partial charge in [0.1, 0.15) is 0 Å². The number of rotatable bonds is 8. The largest absolute Gasteiger partial charge is 0.493 e. The van der Waals surface area contributed by atoms with Gasteiger partial charge in [-0.15, -0.1) is 0 Å². The number of carbonyl (C=O) groups excluding carboxylic acids is 1. The number of amides is 1. The van der Waals surface area contributed by atoms with E-state index in [1.807, 2.05) is 12.1 Å². The molecule has 1 aromatic rings. The van der Waals surface area contributed by atoms with Crippen LogP contribution < -0.4 is 19.5 Å². The third kappa shape index (κ3) is 5.89. The standard InChI is InChI=1S/C21H32N2O4/c1-15(2)23-10-8-16(9-11-23)14-22-20(24)7-6-17-12-18(25-3)21(27-5)19(13-17)26-4/h6-7,12-13,15-16H,8-11,14H2,1-5H3,(H,22,24)/b7-6+. The van der Waals surface area contributed by atoms with E-state index in [2.05, 4.69) is 24.1 Å². The van der Waals surface area contributed by atoms with E-state index in [0.717, 1.165) is 38.0 Å². The molecule has 1 aromatic carbocycles. The van der Waals surface area contributed by atoms with E-state index in [1.165, 1.54) is 0 Å². The Kier molecular flexibility index (Phi) is 7.98. The lowest BCUT2D eigenvalue weighted by Gasteiger charge is -2.34. The molecule has 1 aliphatic rings. The van der Waals surface area contributed by atoms with Crippen LogP contribution in [0.1, 0.15) is 32.3 Å². The van der Waals surface area contributed by atoms with Crippen molar-refractivity contribution >= 4 is 12.0 Å². The lowest BCUT2D eigenvalue weighted by molar-refractivity contribution is -0.116. The van der Waals surface area contributed by atoms with Crippen LogP contribution in [0.5, 0.6) is 17.2 Å². The van der Waals surface area contributed by atoms with Gasteiger partial charge in [0.05, 0.1) is 21.3 Å². The lowest BCUT2D eigenvalue weighted by Crippen LogP contribution is -2.41. The number of nitrogens with zero attached hydrogens (tertiary/aromatic N) is 1.